The lowest BCUT2D eigenvalue weighted by molar-refractivity contribution is -0.145. The summed E-state index contributed by atoms with van der Waals surface area (Å²) in [5, 5.41) is 10.0. The first-order valence-corrected chi connectivity index (χ1v) is 10.5. The molecule has 32 heavy (non-hydrogen) atoms. The predicted molar refractivity (Wildman–Crippen MR) is 119 cm³/mol. The zero-order valence-corrected chi connectivity index (χ0v) is 19.2. The molecule has 1 fully saturated rings. The van der Waals surface area contributed by atoms with Crippen molar-refractivity contribution in [2.45, 2.75) is 31.3 Å². The number of hydrogen-bond acceptors (Lipinski definition) is 7. The molecular formula is C24H31NO7. The van der Waals surface area contributed by atoms with Gasteiger partial charge in [0.25, 0.3) is 0 Å². The second-order valence-electron chi connectivity index (χ2n) is 7.55. The lowest BCUT2D eigenvalue weighted by atomic mass is 9.90. The maximum atomic E-state index is 12.2. The summed E-state index contributed by atoms with van der Waals surface area (Å²) in [5.74, 6) is 2.03. The second-order valence-corrected chi connectivity index (χ2v) is 7.55. The van der Waals surface area contributed by atoms with Crippen molar-refractivity contribution in [2.75, 3.05) is 42.1 Å². The fourth-order valence-electron chi connectivity index (χ4n) is 4.36. The Morgan fingerprint density at radius 1 is 0.844 bits per heavy atom. The monoisotopic (exact) mass is 445 g/mol. The van der Waals surface area contributed by atoms with Gasteiger partial charge in [-0.25, -0.2) is 0 Å². The van der Waals surface area contributed by atoms with Crippen LogP contribution in [0.5, 0.6) is 28.7 Å². The average Bonchev–Trinajstić information content (AvgIpc) is 2.84. The van der Waals surface area contributed by atoms with Crippen LogP contribution in [-0.4, -0.2) is 64.1 Å². The molecule has 0 aliphatic carbocycles. The zero-order valence-electron chi connectivity index (χ0n) is 19.2. The van der Waals surface area contributed by atoms with E-state index in [1.807, 2.05) is 23.1 Å². The van der Waals surface area contributed by atoms with Crippen LogP contribution in [0.3, 0.4) is 0 Å². The number of carbonyl (C=O) groups is 1. The van der Waals surface area contributed by atoms with Gasteiger partial charge in [-0.2, -0.15) is 0 Å². The number of aliphatic carboxylic acids is 1. The van der Waals surface area contributed by atoms with E-state index in [1.54, 1.807) is 47.7 Å². The normalized spacial score (nSPS) is 17.3. The molecule has 2 unspecified atom stereocenters. The third kappa shape index (κ3) is 4.55. The summed E-state index contributed by atoms with van der Waals surface area (Å²) in [4.78, 5) is 14.2. The Labute approximate surface area is 188 Å². The molecule has 0 amide bonds. The summed E-state index contributed by atoms with van der Waals surface area (Å²) in [6.45, 7) is 0.619. The van der Waals surface area contributed by atoms with Crippen molar-refractivity contribution < 1.29 is 33.6 Å². The highest BCUT2D eigenvalue weighted by molar-refractivity contribution is 5.74. The van der Waals surface area contributed by atoms with E-state index < -0.39 is 18.1 Å². The molecule has 1 saturated heterocycles. The summed E-state index contributed by atoms with van der Waals surface area (Å²) in [5.41, 5.74) is 1.58. The lowest BCUT2D eigenvalue weighted by Gasteiger charge is -2.40. The van der Waals surface area contributed by atoms with Crippen LogP contribution in [0.4, 0.5) is 0 Å². The van der Waals surface area contributed by atoms with Gasteiger partial charge in [0.2, 0.25) is 0 Å². The number of ether oxygens (including phenoxy) is 5. The highest BCUT2D eigenvalue weighted by Gasteiger charge is 2.38. The minimum Gasteiger partial charge on any atom is -0.497 e. The van der Waals surface area contributed by atoms with Crippen molar-refractivity contribution in [2.24, 2.45) is 0 Å². The fraction of sp³-hybridized carbons (Fsp3) is 0.458. The van der Waals surface area contributed by atoms with E-state index in [1.165, 1.54) is 0 Å². The van der Waals surface area contributed by atoms with E-state index >= 15 is 0 Å². The van der Waals surface area contributed by atoms with E-state index in [-0.39, 0.29) is 0 Å². The molecule has 3 rings (SSSR count). The van der Waals surface area contributed by atoms with E-state index in [0.717, 1.165) is 24.0 Å². The molecule has 2 atom stereocenters. The summed E-state index contributed by atoms with van der Waals surface area (Å²) in [6.07, 6.45) is 2.33. The standard InChI is InChI=1S/C24H31NO7/c1-28-15-9-10-16(19(12-15)29-2)23(25-11-7-6-8-18(25)24(26)27)17-13-21(31-4)22(32-5)14-20(17)30-3/h9-10,12-14,18,23H,6-8,11H2,1-5H3,(H,26,27). The van der Waals surface area contributed by atoms with Crippen molar-refractivity contribution in [1.82, 2.24) is 4.90 Å². The van der Waals surface area contributed by atoms with Crippen LogP contribution >= 0.6 is 0 Å². The SMILES string of the molecule is COc1ccc(C(c2cc(OC)c(OC)cc2OC)N2CCCCC2C(=O)O)c(OC)c1. The first kappa shape index (κ1) is 23.5. The number of hydrogen-bond donors (Lipinski definition) is 1. The van der Waals surface area contributed by atoms with E-state index in [4.69, 9.17) is 23.7 Å². The van der Waals surface area contributed by atoms with Gasteiger partial charge in [0, 0.05) is 23.3 Å². The third-order valence-corrected chi connectivity index (χ3v) is 5.93. The van der Waals surface area contributed by atoms with E-state index in [2.05, 4.69) is 0 Å². The Hall–Kier alpha value is -3.13. The van der Waals surface area contributed by atoms with Gasteiger partial charge < -0.3 is 28.8 Å². The molecule has 8 heteroatoms. The molecule has 0 saturated carbocycles. The van der Waals surface area contributed by atoms with Crippen molar-refractivity contribution >= 4 is 5.97 Å². The van der Waals surface area contributed by atoms with Crippen molar-refractivity contribution in [3.05, 3.63) is 41.5 Å². The van der Waals surface area contributed by atoms with Gasteiger partial charge in [0.15, 0.2) is 11.5 Å². The van der Waals surface area contributed by atoms with Crippen LogP contribution in [0.15, 0.2) is 30.3 Å². The van der Waals surface area contributed by atoms with Crippen LogP contribution in [0.1, 0.15) is 36.4 Å². The topological polar surface area (TPSA) is 86.7 Å². The number of carboxylic acids is 1. The minimum absolute atomic E-state index is 0.452. The van der Waals surface area contributed by atoms with E-state index in [9.17, 15) is 9.90 Å². The highest BCUT2D eigenvalue weighted by Crippen LogP contribution is 2.46. The number of carboxylic acid groups (broad SMARTS) is 1. The van der Waals surface area contributed by atoms with Crippen LogP contribution < -0.4 is 23.7 Å². The van der Waals surface area contributed by atoms with Crippen molar-refractivity contribution in [3.8, 4) is 28.7 Å². The number of rotatable bonds is 9. The van der Waals surface area contributed by atoms with Crippen LogP contribution in [0, 0.1) is 0 Å². The number of likely N-dealkylation sites (tertiary alicyclic amines) is 1. The number of methoxy groups -OCH3 is 5. The molecule has 1 aliphatic rings. The van der Waals surface area contributed by atoms with Gasteiger partial charge in [0.1, 0.15) is 23.3 Å². The third-order valence-electron chi connectivity index (χ3n) is 5.93. The first-order valence-electron chi connectivity index (χ1n) is 10.5. The number of benzene rings is 2. The summed E-state index contributed by atoms with van der Waals surface area (Å²) >= 11 is 0. The Morgan fingerprint density at radius 2 is 1.47 bits per heavy atom. The second kappa shape index (κ2) is 10.5. The molecule has 8 nitrogen and oxygen atoms in total. The summed E-state index contributed by atoms with van der Waals surface area (Å²) in [6, 6.07) is 8.07. The largest absolute Gasteiger partial charge is 0.497 e. The molecule has 1 aliphatic heterocycles. The smallest absolute Gasteiger partial charge is 0.320 e. The molecule has 0 spiro atoms. The maximum absolute atomic E-state index is 12.2. The number of nitrogens with zero attached hydrogens (tertiary/aromatic N) is 1. The first-order chi connectivity index (χ1) is 15.5. The molecule has 0 radical (unpaired) electrons. The number of piperidine rings is 1. The van der Waals surface area contributed by atoms with E-state index in [0.29, 0.717) is 41.7 Å². The van der Waals surface area contributed by atoms with Crippen molar-refractivity contribution in [1.29, 1.82) is 0 Å². The Balaban J connectivity index is 2.28. The Kier molecular flexibility index (Phi) is 7.69. The van der Waals surface area contributed by atoms with Gasteiger partial charge >= 0.3 is 5.97 Å². The van der Waals surface area contributed by atoms with Gasteiger partial charge in [0.05, 0.1) is 41.6 Å². The molecule has 2 aromatic carbocycles. The summed E-state index contributed by atoms with van der Waals surface area (Å²) in [7, 11) is 7.89. The van der Waals surface area contributed by atoms with Gasteiger partial charge in [-0.3, -0.25) is 9.69 Å². The van der Waals surface area contributed by atoms with Crippen LogP contribution in [0.2, 0.25) is 0 Å². The maximum Gasteiger partial charge on any atom is 0.320 e. The van der Waals surface area contributed by atoms with Gasteiger partial charge in [-0.1, -0.05) is 6.42 Å². The van der Waals surface area contributed by atoms with Crippen LogP contribution in [-0.2, 0) is 4.79 Å². The average molecular weight is 446 g/mol. The minimum atomic E-state index is -0.846. The fourth-order valence-corrected chi connectivity index (χ4v) is 4.36. The van der Waals surface area contributed by atoms with Crippen molar-refractivity contribution in [3.63, 3.8) is 0 Å². The highest BCUT2D eigenvalue weighted by atomic mass is 16.5. The Bertz CT molecular complexity index is 946. The Morgan fingerprint density at radius 3 is 2.06 bits per heavy atom. The quantitative estimate of drug-likeness (QED) is 0.624. The van der Waals surface area contributed by atoms with Crippen LogP contribution in [0.25, 0.3) is 0 Å². The lowest BCUT2D eigenvalue weighted by Crippen LogP contribution is -2.47. The molecule has 0 aromatic heterocycles. The predicted octanol–water partition coefficient (Wildman–Crippen LogP) is 3.76. The summed E-state index contributed by atoms with van der Waals surface area (Å²) < 4.78 is 27.8. The molecule has 174 valence electrons. The molecule has 1 heterocycles. The molecule has 0 bridgehead atoms. The molecule has 1 N–H and O–H groups in total. The van der Waals surface area contributed by atoms with Gasteiger partial charge in [-0.15, -0.1) is 0 Å². The van der Waals surface area contributed by atoms with Gasteiger partial charge in [-0.05, 0) is 37.6 Å². The molecular weight excluding hydrogens is 414 g/mol. The molecule has 2 aromatic rings. The zero-order chi connectivity index (χ0) is 23.3.